The standard InChI is InChI=1S/C18H20N2O3/c1-23-17-16(3-2-10-19-17)18(22)20-11-8-14(9-12-20)13-4-6-15(21)7-5-13/h2-7,10,14,21H,8-9,11-12H2,1H3. The Bertz CT molecular complexity index is 677. The van der Waals surface area contributed by atoms with Crippen LogP contribution < -0.4 is 4.74 Å². The lowest BCUT2D eigenvalue weighted by Crippen LogP contribution is -2.38. The average Bonchev–Trinajstić information content (AvgIpc) is 2.62. The van der Waals surface area contributed by atoms with Crippen LogP contribution in [-0.2, 0) is 0 Å². The molecule has 3 rings (SSSR count). The average molecular weight is 312 g/mol. The molecular weight excluding hydrogens is 292 g/mol. The molecule has 1 aromatic carbocycles. The van der Waals surface area contributed by atoms with Crippen molar-refractivity contribution in [3.8, 4) is 11.6 Å². The van der Waals surface area contributed by atoms with Gasteiger partial charge >= 0.3 is 0 Å². The third-order valence-electron chi connectivity index (χ3n) is 4.34. The second-order valence-electron chi connectivity index (χ2n) is 5.72. The summed E-state index contributed by atoms with van der Waals surface area (Å²) in [6.45, 7) is 1.42. The number of likely N-dealkylation sites (tertiary alicyclic amines) is 1. The van der Waals surface area contributed by atoms with Gasteiger partial charge in [-0.15, -0.1) is 0 Å². The van der Waals surface area contributed by atoms with Crippen molar-refractivity contribution in [2.45, 2.75) is 18.8 Å². The number of phenols is 1. The molecule has 0 spiro atoms. The first-order valence-corrected chi connectivity index (χ1v) is 7.76. The molecule has 1 saturated heterocycles. The molecule has 1 N–H and O–H groups in total. The van der Waals surface area contributed by atoms with Gasteiger partial charge in [-0.3, -0.25) is 4.79 Å². The molecule has 1 aliphatic rings. The molecule has 1 aromatic heterocycles. The predicted octanol–water partition coefficient (Wildman–Crippen LogP) is 2.82. The lowest BCUT2D eigenvalue weighted by atomic mass is 9.89. The lowest BCUT2D eigenvalue weighted by molar-refractivity contribution is 0.0709. The molecule has 120 valence electrons. The highest BCUT2D eigenvalue weighted by Gasteiger charge is 2.26. The summed E-state index contributed by atoms with van der Waals surface area (Å²) in [4.78, 5) is 18.6. The van der Waals surface area contributed by atoms with E-state index in [1.165, 1.54) is 12.7 Å². The van der Waals surface area contributed by atoms with Crippen molar-refractivity contribution in [3.05, 3.63) is 53.7 Å². The van der Waals surface area contributed by atoms with Crippen LogP contribution in [0.4, 0.5) is 0 Å². The molecule has 2 aromatic rings. The molecule has 5 heteroatoms. The molecule has 23 heavy (non-hydrogen) atoms. The number of aromatic hydroxyl groups is 1. The fourth-order valence-corrected chi connectivity index (χ4v) is 3.05. The third kappa shape index (κ3) is 3.28. The van der Waals surface area contributed by atoms with Crippen LogP contribution in [0.5, 0.6) is 11.6 Å². The molecule has 1 aliphatic heterocycles. The number of hydrogen-bond donors (Lipinski definition) is 1. The Hall–Kier alpha value is -2.56. The summed E-state index contributed by atoms with van der Waals surface area (Å²) in [5.41, 5.74) is 1.73. The molecule has 0 aliphatic carbocycles. The number of carbonyl (C=O) groups excluding carboxylic acids is 1. The maximum Gasteiger partial charge on any atom is 0.259 e. The van der Waals surface area contributed by atoms with Gasteiger partial charge in [-0.1, -0.05) is 12.1 Å². The third-order valence-corrected chi connectivity index (χ3v) is 4.34. The van der Waals surface area contributed by atoms with Crippen LogP contribution in [0.1, 0.15) is 34.7 Å². The van der Waals surface area contributed by atoms with Crippen LogP contribution in [0.2, 0.25) is 0 Å². The summed E-state index contributed by atoms with van der Waals surface area (Å²) in [5, 5.41) is 9.37. The van der Waals surface area contributed by atoms with Gasteiger partial charge in [0.1, 0.15) is 11.3 Å². The van der Waals surface area contributed by atoms with Gasteiger partial charge in [-0.2, -0.15) is 0 Å². The minimum absolute atomic E-state index is 0.0286. The van der Waals surface area contributed by atoms with E-state index in [9.17, 15) is 9.90 Å². The number of aromatic nitrogens is 1. The van der Waals surface area contributed by atoms with Crippen molar-refractivity contribution in [2.24, 2.45) is 0 Å². The number of methoxy groups -OCH3 is 1. The molecule has 0 unspecified atom stereocenters. The maximum absolute atomic E-state index is 12.6. The fraction of sp³-hybridized carbons (Fsp3) is 0.333. The van der Waals surface area contributed by atoms with Crippen molar-refractivity contribution in [1.82, 2.24) is 9.88 Å². The van der Waals surface area contributed by atoms with Crippen LogP contribution in [0.25, 0.3) is 0 Å². The Morgan fingerprint density at radius 1 is 1.22 bits per heavy atom. The number of hydrogen-bond acceptors (Lipinski definition) is 4. The van der Waals surface area contributed by atoms with Gasteiger partial charge in [0.25, 0.3) is 5.91 Å². The van der Waals surface area contributed by atoms with Crippen molar-refractivity contribution < 1.29 is 14.6 Å². The van der Waals surface area contributed by atoms with E-state index in [4.69, 9.17) is 4.74 Å². The zero-order valence-corrected chi connectivity index (χ0v) is 13.1. The van der Waals surface area contributed by atoms with Gasteiger partial charge in [0.05, 0.1) is 7.11 Å². The number of rotatable bonds is 3. The molecule has 0 saturated carbocycles. The largest absolute Gasteiger partial charge is 0.508 e. The molecular formula is C18H20N2O3. The van der Waals surface area contributed by atoms with E-state index >= 15 is 0 Å². The van der Waals surface area contributed by atoms with E-state index in [0.29, 0.717) is 30.5 Å². The van der Waals surface area contributed by atoms with Gasteiger partial charge < -0.3 is 14.7 Å². The lowest BCUT2D eigenvalue weighted by Gasteiger charge is -2.32. The minimum Gasteiger partial charge on any atom is -0.508 e. The van der Waals surface area contributed by atoms with E-state index in [0.717, 1.165) is 12.8 Å². The van der Waals surface area contributed by atoms with Gasteiger partial charge in [-0.05, 0) is 48.6 Å². The second-order valence-corrected chi connectivity index (χ2v) is 5.72. The fourth-order valence-electron chi connectivity index (χ4n) is 3.05. The highest BCUT2D eigenvalue weighted by molar-refractivity contribution is 5.96. The maximum atomic E-state index is 12.6. The second kappa shape index (κ2) is 6.69. The van der Waals surface area contributed by atoms with Gasteiger partial charge in [0.15, 0.2) is 0 Å². The number of benzene rings is 1. The zero-order valence-electron chi connectivity index (χ0n) is 13.1. The van der Waals surface area contributed by atoms with Gasteiger partial charge in [0, 0.05) is 19.3 Å². The van der Waals surface area contributed by atoms with E-state index < -0.39 is 0 Å². The normalized spacial score (nSPS) is 15.4. The Morgan fingerprint density at radius 3 is 2.57 bits per heavy atom. The van der Waals surface area contributed by atoms with Crippen LogP contribution in [0.15, 0.2) is 42.6 Å². The van der Waals surface area contributed by atoms with Crippen LogP contribution >= 0.6 is 0 Å². The highest BCUT2D eigenvalue weighted by Crippen LogP contribution is 2.30. The van der Waals surface area contributed by atoms with Crippen molar-refractivity contribution in [3.63, 3.8) is 0 Å². The van der Waals surface area contributed by atoms with E-state index in [-0.39, 0.29) is 11.7 Å². The minimum atomic E-state index is -0.0286. The number of piperidine rings is 1. The highest BCUT2D eigenvalue weighted by atomic mass is 16.5. The number of nitrogens with zero attached hydrogens (tertiary/aromatic N) is 2. The van der Waals surface area contributed by atoms with Crippen molar-refractivity contribution >= 4 is 5.91 Å². The topological polar surface area (TPSA) is 62.7 Å². The number of amides is 1. The number of pyridine rings is 1. The van der Waals surface area contributed by atoms with Crippen molar-refractivity contribution in [2.75, 3.05) is 20.2 Å². The molecule has 1 fully saturated rings. The quantitative estimate of drug-likeness (QED) is 0.946. The van der Waals surface area contributed by atoms with Crippen LogP contribution in [0, 0.1) is 0 Å². The Kier molecular flexibility index (Phi) is 4.46. The number of phenolic OH excluding ortho intramolecular Hbond substituents is 1. The molecule has 2 heterocycles. The summed E-state index contributed by atoms with van der Waals surface area (Å²) in [6, 6.07) is 10.9. The number of carbonyl (C=O) groups is 1. The summed E-state index contributed by atoms with van der Waals surface area (Å²) in [6.07, 6.45) is 3.45. The molecule has 0 radical (unpaired) electrons. The first-order valence-electron chi connectivity index (χ1n) is 7.76. The summed E-state index contributed by atoms with van der Waals surface area (Å²) < 4.78 is 5.18. The van der Waals surface area contributed by atoms with E-state index in [1.54, 1.807) is 30.5 Å². The summed E-state index contributed by atoms with van der Waals surface area (Å²) in [5.74, 6) is 1.05. The molecule has 0 bridgehead atoms. The SMILES string of the molecule is COc1ncccc1C(=O)N1CCC(c2ccc(O)cc2)CC1. The summed E-state index contributed by atoms with van der Waals surface area (Å²) >= 11 is 0. The van der Waals surface area contributed by atoms with E-state index in [1.807, 2.05) is 17.0 Å². The van der Waals surface area contributed by atoms with Crippen LogP contribution in [-0.4, -0.2) is 41.1 Å². The first-order chi connectivity index (χ1) is 11.2. The Balaban J connectivity index is 1.66. The first kappa shape index (κ1) is 15.3. The van der Waals surface area contributed by atoms with Gasteiger partial charge in [-0.25, -0.2) is 4.98 Å². The van der Waals surface area contributed by atoms with Crippen molar-refractivity contribution in [1.29, 1.82) is 0 Å². The van der Waals surface area contributed by atoms with Crippen LogP contribution in [0.3, 0.4) is 0 Å². The molecule has 0 atom stereocenters. The Labute approximate surface area is 135 Å². The predicted molar refractivity (Wildman–Crippen MR) is 86.8 cm³/mol. The molecule has 1 amide bonds. The number of ether oxygens (including phenoxy) is 1. The monoisotopic (exact) mass is 312 g/mol. The van der Waals surface area contributed by atoms with Gasteiger partial charge in [0.2, 0.25) is 5.88 Å². The smallest absolute Gasteiger partial charge is 0.259 e. The molecule has 5 nitrogen and oxygen atoms in total. The zero-order chi connectivity index (χ0) is 16.2. The summed E-state index contributed by atoms with van der Waals surface area (Å²) in [7, 11) is 1.52. The Morgan fingerprint density at radius 2 is 1.91 bits per heavy atom. The van der Waals surface area contributed by atoms with E-state index in [2.05, 4.69) is 4.98 Å².